The maximum atomic E-state index is 14.8. The molecule has 0 atom stereocenters. The highest BCUT2D eigenvalue weighted by molar-refractivity contribution is 7.15. The van der Waals surface area contributed by atoms with Gasteiger partial charge in [0.1, 0.15) is 29.4 Å². The fraction of sp³-hybridized carbons (Fsp3) is 0.167. The molecule has 1 N–H and O–H groups in total. The molecule has 0 amide bonds. The van der Waals surface area contributed by atoms with Crippen molar-refractivity contribution < 1.29 is 19.1 Å². The van der Waals surface area contributed by atoms with Gasteiger partial charge in [0.2, 0.25) is 5.69 Å². The number of aryl methyl sites for hydroxylation is 1. The van der Waals surface area contributed by atoms with Gasteiger partial charge >= 0.3 is 0 Å². The highest BCUT2D eigenvalue weighted by Gasteiger charge is 2.29. The van der Waals surface area contributed by atoms with Gasteiger partial charge in [-0.3, -0.25) is 0 Å². The Morgan fingerprint density at radius 1 is 1.39 bits per heavy atom. The molecule has 2 heterocycles. The van der Waals surface area contributed by atoms with Gasteiger partial charge in [-0.15, -0.1) is 17.8 Å². The van der Waals surface area contributed by atoms with Gasteiger partial charge in [-0.25, -0.2) is 9.37 Å². The maximum absolute atomic E-state index is 14.8. The molecule has 3 aromatic rings. The Balaban J connectivity index is 2.20. The lowest BCUT2D eigenvalue weighted by Gasteiger charge is -2.16. The number of rotatable bonds is 5. The van der Waals surface area contributed by atoms with Crippen LogP contribution in [0.3, 0.4) is 0 Å². The fourth-order valence-electron chi connectivity index (χ4n) is 2.57. The first kappa shape index (κ1) is 20.1. The third-order valence-corrected chi connectivity index (χ3v) is 5.19. The Bertz CT molecular complexity index is 1100. The number of aromatic hydroxyl groups is 1. The van der Waals surface area contributed by atoms with Gasteiger partial charge in [0.05, 0.1) is 21.9 Å². The molecule has 28 heavy (non-hydrogen) atoms. The summed E-state index contributed by atoms with van der Waals surface area (Å²) in [6.07, 6.45) is 6.66. The molecule has 144 valence electrons. The smallest absolute Gasteiger partial charge is 0.245 e. The van der Waals surface area contributed by atoms with Crippen molar-refractivity contribution in [3.63, 3.8) is 0 Å². The Morgan fingerprint density at radius 2 is 2.14 bits per heavy atom. The number of hydrogen-bond donors (Lipinski definition) is 1. The molecule has 0 radical (unpaired) electrons. The maximum Gasteiger partial charge on any atom is 0.245 e. The standard InChI is InChI=1S/C18H12Cl2FN3O3S/c1-3-4-13-15(16(25)9(2)23-24(13)26)14-12(21)6-5-11(19)17(14)27-8-10-7-22-18(20)28-10/h1,5-7,25H,4,8H2,2H3. The molecule has 0 unspecified atom stereocenters. The summed E-state index contributed by atoms with van der Waals surface area (Å²) in [6.45, 7) is 1.42. The zero-order chi connectivity index (χ0) is 20.4. The van der Waals surface area contributed by atoms with E-state index in [1.165, 1.54) is 30.5 Å². The van der Waals surface area contributed by atoms with Gasteiger partial charge in [-0.2, -0.15) is 0 Å². The van der Waals surface area contributed by atoms with Crippen LogP contribution in [0, 0.1) is 30.3 Å². The fourth-order valence-corrected chi connectivity index (χ4v) is 3.68. The van der Waals surface area contributed by atoms with E-state index in [-0.39, 0.29) is 56.9 Å². The molecule has 3 rings (SSSR count). The van der Waals surface area contributed by atoms with E-state index in [4.69, 9.17) is 34.4 Å². The average molecular weight is 440 g/mol. The number of terminal acetylenes is 1. The van der Waals surface area contributed by atoms with E-state index in [0.29, 0.717) is 9.34 Å². The summed E-state index contributed by atoms with van der Waals surface area (Å²) in [5, 5.41) is 26.5. The number of nitrogens with zero attached hydrogens (tertiary/aromatic N) is 3. The van der Waals surface area contributed by atoms with Crippen LogP contribution in [0.15, 0.2) is 18.3 Å². The van der Waals surface area contributed by atoms with Gasteiger partial charge in [-0.05, 0) is 19.1 Å². The summed E-state index contributed by atoms with van der Waals surface area (Å²) in [5.41, 5.74) is -0.387. The second kappa shape index (κ2) is 8.19. The van der Waals surface area contributed by atoms with Crippen LogP contribution in [0.5, 0.6) is 11.5 Å². The highest BCUT2D eigenvalue weighted by Crippen LogP contribution is 2.44. The summed E-state index contributed by atoms with van der Waals surface area (Å²) in [6, 6.07) is 2.42. The Labute approximate surface area is 173 Å². The van der Waals surface area contributed by atoms with E-state index >= 15 is 0 Å². The summed E-state index contributed by atoms with van der Waals surface area (Å²) in [5.74, 6) is 1.12. The summed E-state index contributed by atoms with van der Waals surface area (Å²) < 4.78 is 20.9. The molecule has 0 aliphatic rings. The molecule has 10 heteroatoms. The Kier molecular flexibility index (Phi) is 5.89. The van der Waals surface area contributed by atoms with Crippen LogP contribution in [0.25, 0.3) is 11.1 Å². The minimum absolute atomic E-state index is 0.00494. The van der Waals surface area contributed by atoms with Crippen molar-refractivity contribution in [2.75, 3.05) is 0 Å². The van der Waals surface area contributed by atoms with Gasteiger partial charge in [-0.1, -0.05) is 34.0 Å². The SMILES string of the molecule is C#CCc1c(-c2c(F)ccc(Cl)c2OCc2cnc(Cl)s2)c(O)c(C)n[n+]1[O-]. The van der Waals surface area contributed by atoms with Crippen molar-refractivity contribution in [1.29, 1.82) is 0 Å². The Morgan fingerprint density at radius 3 is 2.79 bits per heavy atom. The first-order valence-electron chi connectivity index (χ1n) is 7.80. The number of thiazole rings is 1. The summed E-state index contributed by atoms with van der Waals surface area (Å²) in [4.78, 5) is 4.84. The number of halogens is 3. The minimum Gasteiger partial charge on any atom is -0.594 e. The number of aromatic nitrogens is 3. The molecule has 0 bridgehead atoms. The number of hydrogen-bond acceptors (Lipinski definition) is 6. The van der Waals surface area contributed by atoms with Crippen LogP contribution in [0.2, 0.25) is 9.49 Å². The summed E-state index contributed by atoms with van der Waals surface area (Å²) in [7, 11) is 0. The van der Waals surface area contributed by atoms with Crippen molar-refractivity contribution in [2.24, 2.45) is 0 Å². The van der Waals surface area contributed by atoms with Gasteiger partial charge in [0, 0.05) is 11.3 Å². The molecular formula is C18H12Cl2FN3O3S. The van der Waals surface area contributed by atoms with Crippen LogP contribution in [-0.4, -0.2) is 15.2 Å². The van der Waals surface area contributed by atoms with E-state index < -0.39 is 5.82 Å². The molecule has 0 saturated carbocycles. The molecule has 0 fully saturated rings. The van der Waals surface area contributed by atoms with E-state index in [1.54, 1.807) is 0 Å². The number of benzene rings is 1. The molecule has 2 aromatic heterocycles. The third-order valence-electron chi connectivity index (χ3n) is 3.80. The minimum atomic E-state index is -0.749. The van der Waals surface area contributed by atoms with E-state index in [2.05, 4.69) is 16.0 Å². The summed E-state index contributed by atoms with van der Waals surface area (Å²) >= 11 is 13.2. The van der Waals surface area contributed by atoms with Crippen molar-refractivity contribution in [1.82, 2.24) is 10.1 Å². The van der Waals surface area contributed by atoms with Crippen LogP contribution in [0.1, 0.15) is 16.3 Å². The largest absolute Gasteiger partial charge is 0.594 e. The predicted octanol–water partition coefficient (Wildman–Crippen LogP) is 4.05. The first-order valence-corrected chi connectivity index (χ1v) is 9.37. The van der Waals surface area contributed by atoms with Gasteiger partial charge < -0.3 is 15.1 Å². The third kappa shape index (κ3) is 3.83. The highest BCUT2D eigenvalue weighted by atomic mass is 35.5. The topological polar surface area (TPSA) is 82.2 Å². The lowest BCUT2D eigenvalue weighted by Crippen LogP contribution is -2.37. The quantitative estimate of drug-likeness (QED) is 0.368. The van der Waals surface area contributed by atoms with E-state index in [9.17, 15) is 14.7 Å². The molecule has 0 aliphatic heterocycles. The zero-order valence-electron chi connectivity index (χ0n) is 14.4. The van der Waals surface area contributed by atoms with E-state index in [1.807, 2.05) is 0 Å². The number of ether oxygens (including phenoxy) is 1. The van der Waals surface area contributed by atoms with Crippen molar-refractivity contribution in [3.05, 3.63) is 55.1 Å². The van der Waals surface area contributed by atoms with Crippen molar-refractivity contribution >= 4 is 34.5 Å². The van der Waals surface area contributed by atoms with Gasteiger partial charge in [0.25, 0.3) is 0 Å². The van der Waals surface area contributed by atoms with Gasteiger partial charge in [0.15, 0.2) is 10.2 Å². The lowest BCUT2D eigenvalue weighted by atomic mass is 9.99. The van der Waals surface area contributed by atoms with Crippen LogP contribution in [0.4, 0.5) is 4.39 Å². The monoisotopic (exact) mass is 439 g/mol. The molecule has 0 aliphatic carbocycles. The lowest BCUT2D eigenvalue weighted by molar-refractivity contribution is -0.676. The second-order valence-corrected chi connectivity index (χ2v) is 7.72. The molecule has 0 spiro atoms. The van der Waals surface area contributed by atoms with Crippen molar-refractivity contribution in [2.45, 2.75) is 20.0 Å². The van der Waals surface area contributed by atoms with E-state index in [0.717, 1.165) is 6.07 Å². The van der Waals surface area contributed by atoms with Crippen molar-refractivity contribution in [3.8, 4) is 35.0 Å². The molecule has 6 nitrogen and oxygen atoms in total. The Hall–Kier alpha value is -2.60. The van der Waals surface area contributed by atoms with Crippen LogP contribution in [-0.2, 0) is 13.0 Å². The first-order chi connectivity index (χ1) is 13.3. The van der Waals surface area contributed by atoms with Crippen LogP contribution >= 0.6 is 34.5 Å². The normalized spacial score (nSPS) is 10.7. The van der Waals surface area contributed by atoms with Crippen LogP contribution < -0.4 is 9.58 Å². The second-order valence-electron chi connectivity index (χ2n) is 5.61. The predicted molar refractivity (Wildman–Crippen MR) is 104 cm³/mol. The molecule has 0 saturated heterocycles. The molecular weight excluding hydrogens is 428 g/mol. The zero-order valence-corrected chi connectivity index (χ0v) is 16.7. The molecule has 1 aromatic carbocycles. The average Bonchev–Trinajstić information content (AvgIpc) is 3.07.